The zero-order chi connectivity index (χ0) is 21.0. The molecule has 0 spiro atoms. The van der Waals surface area contributed by atoms with Gasteiger partial charge in [-0.15, -0.1) is 0 Å². The number of para-hydroxylation sites is 1. The highest BCUT2D eigenvalue weighted by molar-refractivity contribution is 5.94. The van der Waals surface area contributed by atoms with Crippen LogP contribution in [-0.2, 0) is 11.0 Å². The average Bonchev–Trinajstić information content (AvgIpc) is 2.68. The maximum absolute atomic E-state index is 13.8. The van der Waals surface area contributed by atoms with Crippen molar-refractivity contribution in [2.45, 2.75) is 6.18 Å². The summed E-state index contributed by atoms with van der Waals surface area (Å²) in [6.45, 7) is 1.51. The summed E-state index contributed by atoms with van der Waals surface area (Å²) in [4.78, 5) is 27.0. The van der Waals surface area contributed by atoms with Gasteiger partial charge in [0.1, 0.15) is 5.82 Å². The minimum absolute atomic E-state index is 0.00236. The van der Waals surface area contributed by atoms with Gasteiger partial charge in [0, 0.05) is 0 Å². The minimum atomic E-state index is -4.56. The maximum atomic E-state index is 13.8. The molecule has 0 aromatic heterocycles. The molecule has 154 valence electrons. The number of quaternary nitrogens is 1. The fourth-order valence-corrected chi connectivity index (χ4v) is 3.27. The fraction of sp³-hybridized carbons (Fsp3) is 0.300. The lowest BCUT2D eigenvalue weighted by atomic mass is 10.1. The van der Waals surface area contributed by atoms with Crippen LogP contribution < -0.4 is 10.2 Å². The number of carbonyl (C=O) groups excluding carboxylic acids is 2. The van der Waals surface area contributed by atoms with Crippen LogP contribution >= 0.6 is 0 Å². The van der Waals surface area contributed by atoms with E-state index in [4.69, 9.17) is 0 Å². The first-order valence-corrected chi connectivity index (χ1v) is 9.09. The van der Waals surface area contributed by atoms with Gasteiger partial charge in [-0.05, 0) is 24.3 Å². The normalized spacial score (nSPS) is 15.2. The number of hydrogen-bond donors (Lipinski definition) is 2. The molecule has 2 aromatic carbocycles. The number of halogens is 4. The molecule has 0 unspecified atom stereocenters. The molecular weight excluding hydrogens is 390 g/mol. The van der Waals surface area contributed by atoms with Gasteiger partial charge in [0.05, 0.1) is 43.0 Å². The lowest BCUT2D eigenvalue weighted by molar-refractivity contribution is -0.895. The minimum Gasteiger partial charge on any atom is -0.327 e. The zero-order valence-electron chi connectivity index (χ0n) is 15.4. The van der Waals surface area contributed by atoms with Crippen molar-refractivity contribution in [1.82, 2.24) is 4.90 Å². The van der Waals surface area contributed by atoms with Gasteiger partial charge in [0.15, 0.2) is 6.54 Å². The van der Waals surface area contributed by atoms with Crippen molar-refractivity contribution in [3.05, 3.63) is 65.5 Å². The van der Waals surface area contributed by atoms with Crippen LogP contribution in [0.5, 0.6) is 0 Å². The number of alkyl halides is 3. The van der Waals surface area contributed by atoms with E-state index in [1.807, 2.05) is 0 Å². The number of rotatable bonds is 4. The Balaban J connectivity index is 1.54. The first kappa shape index (κ1) is 20.8. The number of anilines is 1. The predicted molar refractivity (Wildman–Crippen MR) is 97.9 cm³/mol. The Morgan fingerprint density at radius 1 is 1.00 bits per heavy atom. The second-order valence-electron chi connectivity index (χ2n) is 6.79. The molecule has 1 heterocycles. The van der Waals surface area contributed by atoms with E-state index in [9.17, 15) is 27.2 Å². The molecule has 1 fully saturated rings. The molecule has 2 aromatic rings. The Kier molecular flexibility index (Phi) is 6.17. The van der Waals surface area contributed by atoms with E-state index < -0.39 is 29.4 Å². The quantitative estimate of drug-likeness (QED) is 0.756. The summed E-state index contributed by atoms with van der Waals surface area (Å²) < 4.78 is 52.9. The van der Waals surface area contributed by atoms with Crippen molar-refractivity contribution in [1.29, 1.82) is 0 Å². The summed E-state index contributed by atoms with van der Waals surface area (Å²) in [5, 5.41) is 2.32. The van der Waals surface area contributed by atoms with E-state index in [0.29, 0.717) is 26.2 Å². The van der Waals surface area contributed by atoms with Crippen LogP contribution in [0.15, 0.2) is 48.5 Å². The third-order valence-electron chi connectivity index (χ3n) is 4.78. The molecule has 0 radical (unpaired) electrons. The Morgan fingerprint density at radius 3 is 2.28 bits per heavy atom. The lowest BCUT2D eigenvalue weighted by Crippen LogP contribution is -3.15. The number of hydrogen-bond acceptors (Lipinski definition) is 2. The number of piperazine rings is 1. The highest BCUT2D eigenvalue weighted by Gasteiger charge is 2.34. The summed E-state index contributed by atoms with van der Waals surface area (Å²) in [6.07, 6.45) is -4.56. The fourth-order valence-electron chi connectivity index (χ4n) is 3.27. The second kappa shape index (κ2) is 8.60. The second-order valence-corrected chi connectivity index (χ2v) is 6.79. The topological polar surface area (TPSA) is 53.9 Å². The standard InChI is InChI=1S/C20H19F4N3O2/c21-16-7-3-1-5-14(16)19(29)27-11-9-26(10-12-27)13-18(28)25-17-8-4-2-6-15(17)20(22,23)24/h1-8H,9-13H2,(H,25,28)/p+1. The lowest BCUT2D eigenvalue weighted by Gasteiger charge is -2.32. The Labute approximate surface area is 164 Å². The van der Waals surface area contributed by atoms with E-state index in [-0.39, 0.29) is 17.8 Å². The molecule has 2 N–H and O–H groups in total. The highest BCUT2D eigenvalue weighted by atomic mass is 19.4. The molecular formula is C20H20F4N3O2+. The summed E-state index contributed by atoms with van der Waals surface area (Å²) >= 11 is 0. The van der Waals surface area contributed by atoms with Crippen molar-refractivity contribution < 1.29 is 32.1 Å². The van der Waals surface area contributed by atoms with Crippen LogP contribution in [-0.4, -0.2) is 49.4 Å². The van der Waals surface area contributed by atoms with Gasteiger partial charge in [0.2, 0.25) is 0 Å². The van der Waals surface area contributed by atoms with Crippen LogP contribution in [0.4, 0.5) is 23.2 Å². The van der Waals surface area contributed by atoms with E-state index in [1.54, 1.807) is 6.07 Å². The first-order chi connectivity index (χ1) is 13.8. The third kappa shape index (κ3) is 5.11. The van der Waals surface area contributed by atoms with Crippen LogP contribution in [0, 0.1) is 5.82 Å². The highest BCUT2D eigenvalue weighted by Crippen LogP contribution is 2.34. The average molecular weight is 410 g/mol. The van der Waals surface area contributed by atoms with Gasteiger partial charge in [0.25, 0.3) is 11.8 Å². The molecule has 9 heteroatoms. The summed E-state index contributed by atoms with van der Waals surface area (Å²) in [7, 11) is 0. The third-order valence-corrected chi connectivity index (χ3v) is 4.78. The van der Waals surface area contributed by atoms with E-state index in [2.05, 4.69) is 5.32 Å². The number of nitrogens with zero attached hydrogens (tertiary/aromatic N) is 1. The molecule has 0 atom stereocenters. The molecule has 0 bridgehead atoms. The molecule has 0 saturated carbocycles. The van der Waals surface area contributed by atoms with Crippen molar-refractivity contribution >= 4 is 17.5 Å². The molecule has 29 heavy (non-hydrogen) atoms. The molecule has 1 saturated heterocycles. The maximum Gasteiger partial charge on any atom is 0.418 e. The van der Waals surface area contributed by atoms with Crippen LogP contribution in [0.2, 0.25) is 0 Å². The monoisotopic (exact) mass is 410 g/mol. The summed E-state index contributed by atoms with van der Waals surface area (Å²) in [5.74, 6) is -1.54. The van der Waals surface area contributed by atoms with E-state index in [1.165, 1.54) is 41.3 Å². The summed E-state index contributed by atoms with van der Waals surface area (Å²) in [6, 6.07) is 10.5. The molecule has 1 aliphatic heterocycles. The largest absolute Gasteiger partial charge is 0.418 e. The van der Waals surface area contributed by atoms with Gasteiger partial charge in [-0.2, -0.15) is 13.2 Å². The van der Waals surface area contributed by atoms with Crippen molar-refractivity contribution in [3.63, 3.8) is 0 Å². The van der Waals surface area contributed by atoms with Crippen molar-refractivity contribution in [2.24, 2.45) is 0 Å². The van der Waals surface area contributed by atoms with Crippen LogP contribution in [0.1, 0.15) is 15.9 Å². The first-order valence-electron chi connectivity index (χ1n) is 9.09. The van der Waals surface area contributed by atoms with Crippen LogP contribution in [0.3, 0.4) is 0 Å². The predicted octanol–water partition coefficient (Wildman–Crippen LogP) is 1.82. The molecule has 3 rings (SSSR count). The van der Waals surface area contributed by atoms with Crippen molar-refractivity contribution in [2.75, 3.05) is 38.0 Å². The number of amides is 2. The Morgan fingerprint density at radius 2 is 1.62 bits per heavy atom. The summed E-state index contributed by atoms with van der Waals surface area (Å²) in [5.41, 5.74) is -1.18. The Bertz CT molecular complexity index is 893. The number of carbonyl (C=O) groups is 2. The van der Waals surface area contributed by atoms with E-state index >= 15 is 0 Å². The van der Waals surface area contributed by atoms with Crippen LogP contribution in [0.25, 0.3) is 0 Å². The number of benzene rings is 2. The van der Waals surface area contributed by atoms with E-state index in [0.717, 1.165) is 11.0 Å². The SMILES string of the molecule is O=C(C[NH+]1CCN(C(=O)c2ccccc2F)CC1)Nc1ccccc1C(F)(F)F. The van der Waals surface area contributed by atoms with Gasteiger partial charge >= 0.3 is 6.18 Å². The van der Waals surface area contributed by atoms with Gasteiger partial charge in [-0.3, -0.25) is 9.59 Å². The Hall–Kier alpha value is -2.94. The zero-order valence-corrected chi connectivity index (χ0v) is 15.4. The van der Waals surface area contributed by atoms with Gasteiger partial charge in [-0.1, -0.05) is 24.3 Å². The van der Waals surface area contributed by atoms with Crippen molar-refractivity contribution in [3.8, 4) is 0 Å². The molecule has 1 aliphatic rings. The van der Waals surface area contributed by atoms with Gasteiger partial charge < -0.3 is 15.1 Å². The molecule has 0 aliphatic carbocycles. The molecule has 2 amide bonds. The van der Waals surface area contributed by atoms with Gasteiger partial charge in [-0.25, -0.2) is 4.39 Å². The molecule has 5 nitrogen and oxygen atoms in total. The number of nitrogens with one attached hydrogen (secondary N) is 2. The smallest absolute Gasteiger partial charge is 0.327 e.